The average molecular weight is 219 g/mol. The Morgan fingerprint density at radius 3 is 2.62 bits per heavy atom. The molecule has 0 saturated heterocycles. The highest BCUT2D eigenvalue weighted by Crippen LogP contribution is 2.09. The van der Waals surface area contributed by atoms with E-state index in [2.05, 4.69) is 10.3 Å². The van der Waals surface area contributed by atoms with Gasteiger partial charge in [0.2, 0.25) is 0 Å². The van der Waals surface area contributed by atoms with Gasteiger partial charge in [-0.2, -0.15) is 0 Å². The lowest BCUT2D eigenvalue weighted by atomic mass is 10.3. The summed E-state index contributed by atoms with van der Waals surface area (Å²) >= 11 is 0. The second-order valence-electron chi connectivity index (χ2n) is 3.35. The molecule has 0 aliphatic carbocycles. The molecule has 82 valence electrons. The Balaban J connectivity index is 2.14. The van der Waals surface area contributed by atoms with E-state index >= 15 is 0 Å². The monoisotopic (exact) mass is 219 g/mol. The quantitative estimate of drug-likeness (QED) is 0.837. The van der Waals surface area contributed by atoms with E-state index in [1.807, 2.05) is 0 Å². The van der Waals surface area contributed by atoms with Crippen LogP contribution in [-0.4, -0.2) is 15.5 Å². The van der Waals surface area contributed by atoms with Crippen LogP contribution >= 0.6 is 0 Å². The number of hydrogen-bond acceptors (Lipinski definition) is 2. The van der Waals surface area contributed by atoms with Crippen molar-refractivity contribution in [2.45, 2.75) is 0 Å². The fourth-order valence-corrected chi connectivity index (χ4v) is 1.30. The van der Waals surface area contributed by atoms with Crippen LogP contribution < -0.4 is 5.32 Å². The zero-order chi connectivity index (χ0) is 11.5. The van der Waals surface area contributed by atoms with Gasteiger partial charge in [-0.1, -0.05) is 0 Å². The number of rotatable bonds is 2. The van der Waals surface area contributed by atoms with E-state index in [4.69, 9.17) is 0 Å². The molecule has 0 radical (unpaired) electrons. The molecule has 0 unspecified atom stereocenters. The number of nitrogens with one attached hydrogen (secondary N) is 1. The fraction of sp³-hybridized carbons (Fsp3) is 0.0909. The van der Waals surface area contributed by atoms with Crippen molar-refractivity contribution in [3.8, 4) is 0 Å². The van der Waals surface area contributed by atoms with Crippen molar-refractivity contribution in [1.82, 2.24) is 9.55 Å². The SMILES string of the molecule is Cn1cncc1C(=O)Nc1ccc(F)cc1. The third-order valence-electron chi connectivity index (χ3n) is 2.15. The summed E-state index contributed by atoms with van der Waals surface area (Å²) < 4.78 is 14.2. The third kappa shape index (κ3) is 2.08. The molecule has 1 heterocycles. The number of carbonyl (C=O) groups is 1. The Bertz CT molecular complexity index is 504. The van der Waals surface area contributed by atoms with Crippen LogP contribution in [0.4, 0.5) is 10.1 Å². The maximum Gasteiger partial charge on any atom is 0.273 e. The van der Waals surface area contributed by atoms with Crippen molar-refractivity contribution in [1.29, 1.82) is 0 Å². The summed E-state index contributed by atoms with van der Waals surface area (Å²) in [6, 6.07) is 5.59. The van der Waals surface area contributed by atoms with Gasteiger partial charge in [-0.25, -0.2) is 9.37 Å². The van der Waals surface area contributed by atoms with Crippen LogP contribution in [0.15, 0.2) is 36.8 Å². The fourth-order valence-electron chi connectivity index (χ4n) is 1.30. The molecule has 4 nitrogen and oxygen atoms in total. The molecule has 1 amide bonds. The summed E-state index contributed by atoms with van der Waals surface area (Å²) in [6.45, 7) is 0. The number of aryl methyl sites for hydroxylation is 1. The van der Waals surface area contributed by atoms with Gasteiger partial charge < -0.3 is 9.88 Å². The van der Waals surface area contributed by atoms with Crippen LogP contribution in [0.1, 0.15) is 10.5 Å². The Kier molecular flexibility index (Phi) is 2.68. The van der Waals surface area contributed by atoms with Crippen molar-refractivity contribution in [3.63, 3.8) is 0 Å². The topological polar surface area (TPSA) is 46.9 Å². The van der Waals surface area contributed by atoms with Crippen LogP contribution in [0.5, 0.6) is 0 Å². The number of benzene rings is 1. The molecule has 2 aromatic rings. The molecule has 1 N–H and O–H groups in total. The summed E-state index contributed by atoms with van der Waals surface area (Å²) in [5.41, 5.74) is 0.997. The molecule has 1 aromatic carbocycles. The number of halogens is 1. The molecule has 2 rings (SSSR count). The summed E-state index contributed by atoms with van der Waals surface area (Å²) in [5.74, 6) is -0.606. The van der Waals surface area contributed by atoms with Gasteiger partial charge in [0.25, 0.3) is 5.91 Å². The van der Waals surface area contributed by atoms with Crippen molar-refractivity contribution in [2.75, 3.05) is 5.32 Å². The molecule has 0 fully saturated rings. The normalized spacial score (nSPS) is 10.1. The van der Waals surface area contributed by atoms with Gasteiger partial charge in [-0.3, -0.25) is 4.79 Å². The van der Waals surface area contributed by atoms with Crippen LogP contribution in [0, 0.1) is 5.82 Å². The second-order valence-corrected chi connectivity index (χ2v) is 3.35. The first-order valence-corrected chi connectivity index (χ1v) is 4.70. The summed E-state index contributed by atoms with van der Waals surface area (Å²) in [5, 5.41) is 2.65. The zero-order valence-corrected chi connectivity index (χ0v) is 8.64. The largest absolute Gasteiger partial charge is 0.330 e. The molecule has 0 atom stereocenters. The lowest BCUT2D eigenvalue weighted by Crippen LogP contribution is -2.15. The zero-order valence-electron chi connectivity index (χ0n) is 8.64. The Morgan fingerprint density at radius 1 is 1.38 bits per heavy atom. The van der Waals surface area contributed by atoms with Gasteiger partial charge in [-0.05, 0) is 24.3 Å². The predicted molar refractivity (Wildman–Crippen MR) is 57.6 cm³/mol. The number of imidazole rings is 1. The van der Waals surface area contributed by atoms with Gasteiger partial charge >= 0.3 is 0 Å². The maximum absolute atomic E-state index is 12.6. The smallest absolute Gasteiger partial charge is 0.273 e. The molecular weight excluding hydrogens is 209 g/mol. The third-order valence-corrected chi connectivity index (χ3v) is 2.15. The second kappa shape index (κ2) is 4.14. The summed E-state index contributed by atoms with van der Waals surface area (Å²) in [4.78, 5) is 15.6. The minimum Gasteiger partial charge on any atom is -0.330 e. The highest BCUT2D eigenvalue weighted by Gasteiger charge is 2.09. The molecule has 16 heavy (non-hydrogen) atoms. The molecule has 0 aliphatic heterocycles. The first-order chi connectivity index (χ1) is 7.66. The average Bonchev–Trinajstić information content (AvgIpc) is 2.68. The summed E-state index contributed by atoms with van der Waals surface area (Å²) in [7, 11) is 1.73. The molecule has 0 saturated carbocycles. The number of anilines is 1. The van der Waals surface area contributed by atoms with Gasteiger partial charge in [0.1, 0.15) is 11.5 Å². The first-order valence-electron chi connectivity index (χ1n) is 4.70. The number of hydrogen-bond donors (Lipinski definition) is 1. The minimum absolute atomic E-state index is 0.272. The molecule has 1 aromatic heterocycles. The Labute approximate surface area is 91.7 Å². The van der Waals surface area contributed by atoms with Gasteiger partial charge in [0, 0.05) is 12.7 Å². The Hall–Kier alpha value is -2.17. The van der Waals surface area contributed by atoms with Crippen molar-refractivity contribution in [3.05, 3.63) is 48.3 Å². The van der Waals surface area contributed by atoms with Crippen LogP contribution in [0.25, 0.3) is 0 Å². The lowest BCUT2D eigenvalue weighted by molar-refractivity contribution is 0.101. The number of amides is 1. The highest BCUT2D eigenvalue weighted by molar-refractivity contribution is 6.02. The Morgan fingerprint density at radius 2 is 2.06 bits per heavy atom. The minimum atomic E-state index is -0.335. The van der Waals surface area contributed by atoms with Crippen molar-refractivity contribution in [2.24, 2.45) is 7.05 Å². The van der Waals surface area contributed by atoms with Crippen LogP contribution in [0.2, 0.25) is 0 Å². The van der Waals surface area contributed by atoms with Gasteiger partial charge in [0.05, 0.1) is 12.5 Å². The van der Waals surface area contributed by atoms with E-state index in [0.717, 1.165) is 0 Å². The standard InChI is InChI=1S/C11H10FN3O/c1-15-7-13-6-10(15)11(16)14-9-4-2-8(12)3-5-9/h2-7H,1H3,(H,14,16). The molecular formula is C11H10FN3O. The summed E-state index contributed by atoms with van der Waals surface area (Å²) in [6.07, 6.45) is 3.01. The number of carbonyl (C=O) groups excluding carboxylic acids is 1. The van der Waals surface area contributed by atoms with Gasteiger partial charge in [-0.15, -0.1) is 0 Å². The van der Waals surface area contributed by atoms with E-state index in [1.165, 1.54) is 30.5 Å². The predicted octanol–water partition coefficient (Wildman–Crippen LogP) is 1.81. The van der Waals surface area contributed by atoms with Crippen LogP contribution in [0.3, 0.4) is 0 Å². The first kappa shape index (κ1) is 10.4. The van der Waals surface area contributed by atoms with E-state index < -0.39 is 0 Å². The molecule has 0 aliphatic rings. The van der Waals surface area contributed by atoms with Crippen LogP contribution in [-0.2, 0) is 7.05 Å². The van der Waals surface area contributed by atoms with E-state index in [0.29, 0.717) is 11.4 Å². The van der Waals surface area contributed by atoms with E-state index in [1.54, 1.807) is 17.9 Å². The van der Waals surface area contributed by atoms with E-state index in [9.17, 15) is 9.18 Å². The van der Waals surface area contributed by atoms with E-state index in [-0.39, 0.29) is 11.7 Å². The molecule has 5 heteroatoms. The van der Waals surface area contributed by atoms with Crippen molar-refractivity contribution >= 4 is 11.6 Å². The number of nitrogens with zero attached hydrogens (tertiary/aromatic N) is 2. The lowest BCUT2D eigenvalue weighted by Gasteiger charge is -2.04. The number of aromatic nitrogens is 2. The van der Waals surface area contributed by atoms with Crippen molar-refractivity contribution < 1.29 is 9.18 Å². The molecule has 0 bridgehead atoms. The highest BCUT2D eigenvalue weighted by atomic mass is 19.1. The maximum atomic E-state index is 12.6. The van der Waals surface area contributed by atoms with Gasteiger partial charge in [0.15, 0.2) is 0 Å². The molecule has 0 spiro atoms.